The Morgan fingerprint density at radius 3 is 2.29 bits per heavy atom. The predicted octanol–water partition coefficient (Wildman–Crippen LogP) is 5.88. The number of halogens is 2. The van der Waals surface area contributed by atoms with E-state index in [0.29, 0.717) is 24.2 Å². The zero-order chi connectivity index (χ0) is 22.8. The highest BCUT2D eigenvalue weighted by molar-refractivity contribution is 5.95. The van der Waals surface area contributed by atoms with Crippen molar-refractivity contribution < 1.29 is 18.7 Å². The average Bonchev–Trinajstić information content (AvgIpc) is 3.14. The molecule has 0 atom stereocenters. The van der Waals surface area contributed by atoms with E-state index in [9.17, 15) is 18.7 Å². The van der Waals surface area contributed by atoms with Crippen LogP contribution in [-0.2, 0) is 17.9 Å². The Kier molecular flexibility index (Phi) is 6.25. The van der Waals surface area contributed by atoms with Gasteiger partial charge in [-0.3, -0.25) is 0 Å². The molecule has 0 aliphatic rings. The van der Waals surface area contributed by atoms with Gasteiger partial charge in [-0.05, 0) is 49.9 Å². The van der Waals surface area contributed by atoms with Gasteiger partial charge >= 0.3 is 11.9 Å². The van der Waals surface area contributed by atoms with E-state index in [2.05, 4.69) is 10.1 Å². The van der Waals surface area contributed by atoms with E-state index in [0.717, 1.165) is 11.1 Å². The predicted molar refractivity (Wildman–Crippen MR) is 115 cm³/mol. The lowest BCUT2D eigenvalue weighted by Crippen LogP contribution is -2.26. The van der Waals surface area contributed by atoms with Gasteiger partial charge in [0.15, 0.2) is 0 Å². The molecule has 0 aliphatic carbocycles. The Morgan fingerprint density at radius 1 is 1.06 bits per heavy atom. The second-order valence-electron chi connectivity index (χ2n) is 8.61. The van der Waals surface area contributed by atoms with Crippen molar-refractivity contribution in [2.45, 2.75) is 58.4 Å². The smallest absolute Gasteiger partial charge is 0.336 e. The molecule has 0 radical (unpaired) electrons. The van der Waals surface area contributed by atoms with E-state index in [1.165, 1.54) is 0 Å². The number of benzene rings is 2. The third-order valence-corrected chi connectivity index (χ3v) is 4.99. The first-order chi connectivity index (χ1) is 14.5. The second kappa shape index (κ2) is 8.57. The van der Waals surface area contributed by atoms with E-state index >= 15 is 0 Å². The van der Waals surface area contributed by atoms with Gasteiger partial charge in [0.2, 0.25) is 5.82 Å². The molecular weight excluding hydrogens is 400 g/mol. The molecule has 31 heavy (non-hydrogen) atoms. The minimum atomic E-state index is -3.07. The number of carboxylic acid groups (broad SMARTS) is 1. The van der Waals surface area contributed by atoms with Crippen molar-refractivity contribution in [2.75, 3.05) is 0 Å². The Balaban J connectivity index is 1.93. The van der Waals surface area contributed by atoms with Crippen LogP contribution in [0.1, 0.15) is 68.1 Å². The quantitative estimate of drug-likeness (QED) is 0.511. The van der Waals surface area contributed by atoms with Gasteiger partial charge in [0, 0.05) is 12.8 Å². The van der Waals surface area contributed by atoms with Crippen LogP contribution in [0.5, 0.6) is 0 Å². The van der Waals surface area contributed by atoms with Crippen molar-refractivity contribution in [2.24, 2.45) is 0 Å². The number of carboxylic acids is 1. The molecule has 0 unspecified atom stereocenters. The lowest BCUT2D eigenvalue weighted by Gasteiger charge is -2.21. The molecule has 1 aromatic heterocycles. The highest BCUT2D eigenvalue weighted by Gasteiger charge is 2.37. The zero-order valence-electron chi connectivity index (χ0n) is 18.2. The largest absolute Gasteiger partial charge is 0.478 e. The average molecular weight is 427 g/mol. The van der Waals surface area contributed by atoms with Crippen molar-refractivity contribution in [3.8, 4) is 11.1 Å². The molecule has 2 aromatic carbocycles. The molecule has 3 aromatic rings. The highest BCUT2D eigenvalue weighted by atomic mass is 19.3. The van der Waals surface area contributed by atoms with Gasteiger partial charge in [-0.2, -0.15) is 8.78 Å². The Hall–Kier alpha value is -3.09. The Morgan fingerprint density at radius 2 is 1.71 bits per heavy atom. The molecule has 0 spiro atoms. The summed E-state index contributed by atoms with van der Waals surface area (Å²) in [6.45, 7) is 7.41. The number of hydrogen-bond donors (Lipinski definition) is 1. The molecule has 164 valence electrons. The fourth-order valence-corrected chi connectivity index (χ4v) is 3.48. The van der Waals surface area contributed by atoms with Crippen LogP contribution in [0.3, 0.4) is 0 Å². The molecule has 0 bridgehead atoms. The Bertz CT molecular complexity index is 1070. The van der Waals surface area contributed by atoms with Crippen LogP contribution in [0.15, 0.2) is 48.5 Å². The maximum atomic E-state index is 14.4. The minimum absolute atomic E-state index is 0.227. The highest BCUT2D eigenvalue weighted by Crippen LogP contribution is 2.32. The van der Waals surface area contributed by atoms with Gasteiger partial charge in [-0.15, -0.1) is 5.10 Å². The van der Waals surface area contributed by atoms with Crippen molar-refractivity contribution in [3.63, 3.8) is 0 Å². The third-order valence-electron chi connectivity index (χ3n) is 4.99. The number of hydrogen-bond acceptors (Lipinski definition) is 3. The first kappa shape index (κ1) is 22.6. The summed E-state index contributed by atoms with van der Waals surface area (Å²) in [6, 6.07) is 14.2. The zero-order valence-corrected chi connectivity index (χ0v) is 18.2. The van der Waals surface area contributed by atoms with Gasteiger partial charge in [0.25, 0.3) is 0 Å². The van der Waals surface area contributed by atoms with Crippen molar-refractivity contribution in [3.05, 3.63) is 71.3 Å². The standard InChI is InChI=1S/C24H27F2N3O2/c1-5-14-24(25,26)22-27-20(29(28-22)23(2,3)4)15-16-10-12-17(13-11-16)18-8-6-7-9-19(18)21(30)31/h6-13H,5,14-15H2,1-4H3,(H,30,31). The van der Waals surface area contributed by atoms with E-state index in [4.69, 9.17) is 0 Å². The molecule has 3 rings (SSSR count). The van der Waals surface area contributed by atoms with Gasteiger partial charge in [-0.1, -0.05) is 49.4 Å². The first-order valence-corrected chi connectivity index (χ1v) is 10.3. The van der Waals surface area contributed by atoms with Crippen LogP contribution >= 0.6 is 0 Å². The summed E-state index contributed by atoms with van der Waals surface area (Å²) in [5.41, 5.74) is 2.00. The molecular formula is C24H27F2N3O2. The molecule has 0 fully saturated rings. The summed E-state index contributed by atoms with van der Waals surface area (Å²) >= 11 is 0. The van der Waals surface area contributed by atoms with E-state index in [1.807, 2.05) is 45.0 Å². The van der Waals surface area contributed by atoms with Crippen molar-refractivity contribution in [1.29, 1.82) is 0 Å². The maximum Gasteiger partial charge on any atom is 0.336 e. The summed E-state index contributed by atoms with van der Waals surface area (Å²) in [4.78, 5) is 15.7. The number of alkyl halides is 2. The van der Waals surface area contributed by atoms with E-state index < -0.39 is 23.3 Å². The SMILES string of the molecule is CCCC(F)(F)c1nc(Cc2ccc(-c3ccccc3C(=O)O)cc2)n(C(C)(C)C)n1. The van der Waals surface area contributed by atoms with Gasteiger partial charge in [-0.25, -0.2) is 14.5 Å². The van der Waals surface area contributed by atoms with E-state index in [1.54, 1.807) is 35.9 Å². The summed E-state index contributed by atoms with van der Waals surface area (Å²) in [5.74, 6) is -4.02. The topological polar surface area (TPSA) is 68.0 Å². The van der Waals surface area contributed by atoms with Crippen LogP contribution in [0.4, 0.5) is 8.78 Å². The van der Waals surface area contributed by atoms with Crippen LogP contribution in [0.2, 0.25) is 0 Å². The van der Waals surface area contributed by atoms with Crippen LogP contribution in [-0.4, -0.2) is 25.8 Å². The van der Waals surface area contributed by atoms with Crippen LogP contribution in [0, 0.1) is 0 Å². The third kappa shape index (κ3) is 4.98. The lowest BCUT2D eigenvalue weighted by atomic mass is 9.98. The number of carbonyl (C=O) groups is 1. The van der Waals surface area contributed by atoms with Crippen molar-refractivity contribution >= 4 is 5.97 Å². The lowest BCUT2D eigenvalue weighted by molar-refractivity contribution is -0.0235. The first-order valence-electron chi connectivity index (χ1n) is 10.3. The van der Waals surface area contributed by atoms with Crippen LogP contribution in [0.25, 0.3) is 11.1 Å². The van der Waals surface area contributed by atoms with Crippen LogP contribution < -0.4 is 0 Å². The van der Waals surface area contributed by atoms with E-state index in [-0.39, 0.29) is 12.0 Å². The van der Waals surface area contributed by atoms with Gasteiger partial charge < -0.3 is 5.11 Å². The number of aromatic carboxylic acids is 1. The number of rotatable bonds is 7. The van der Waals surface area contributed by atoms with Gasteiger partial charge in [0.1, 0.15) is 5.82 Å². The molecule has 0 saturated carbocycles. The summed E-state index contributed by atoms with van der Waals surface area (Å²) < 4.78 is 30.4. The maximum absolute atomic E-state index is 14.4. The molecule has 5 nitrogen and oxygen atoms in total. The summed E-state index contributed by atoms with van der Waals surface area (Å²) in [7, 11) is 0. The number of aromatic nitrogens is 3. The van der Waals surface area contributed by atoms with Gasteiger partial charge in [0.05, 0.1) is 11.1 Å². The molecule has 0 saturated heterocycles. The number of nitrogens with zero attached hydrogens (tertiary/aromatic N) is 3. The molecule has 7 heteroatoms. The molecule has 0 amide bonds. The summed E-state index contributed by atoms with van der Waals surface area (Å²) in [6.07, 6.45) is 0.386. The monoisotopic (exact) mass is 427 g/mol. The minimum Gasteiger partial charge on any atom is -0.478 e. The van der Waals surface area contributed by atoms with Crippen molar-refractivity contribution in [1.82, 2.24) is 14.8 Å². The molecule has 1 heterocycles. The molecule has 0 aliphatic heterocycles. The normalized spacial score (nSPS) is 12.2. The Labute approximate surface area is 180 Å². The fraction of sp³-hybridized carbons (Fsp3) is 0.375. The fourth-order valence-electron chi connectivity index (χ4n) is 3.48. The molecule has 1 N–H and O–H groups in total. The second-order valence-corrected chi connectivity index (χ2v) is 8.61. The summed E-state index contributed by atoms with van der Waals surface area (Å²) in [5, 5.41) is 13.6.